The quantitative estimate of drug-likeness (QED) is 0.829. The number of likely N-dealkylation sites (tertiary alicyclic amines) is 1. The van der Waals surface area contributed by atoms with Crippen molar-refractivity contribution in [2.24, 2.45) is 5.92 Å². The third kappa shape index (κ3) is 6.57. The van der Waals surface area contributed by atoms with Gasteiger partial charge in [0, 0.05) is 25.7 Å². The van der Waals surface area contributed by atoms with E-state index in [1.165, 1.54) is 32.1 Å². The Hall–Kier alpha value is -1.46. The molecule has 0 bridgehead atoms. The van der Waals surface area contributed by atoms with Gasteiger partial charge in [-0.15, -0.1) is 0 Å². The van der Waals surface area contributed by atoms with Crippen LogP contribution in [-0.4, -0.2) is 48.3 Å². The molecule has 2 fully saturated rings. The molecule has 2 N–H and O–H groups in total. The number of piperidine rings is 1. The molecule has 0 radical (unpaired) electrons. The summed E-state index contributed by atoms with van der Waals surface area (Å²) in [5.74, 6) is 0.638. The number of ether oxygens (including phenoxy) is 1. The predicted octanol–water partition coefficient (Wildman–Crippen LogP) is 3.27. The molecule has 0 aromatic rings. The van der Waals surface area contributed by atoms with Gasteiger partial charge in [0.15, 0.2) is 0 Å². The fourth-order valence-corrected chi connectivity index (χ4v) is 3.40. The Morgan fingerprint density at radius 3 is 2.25 bits per heavy atom. The molecule has 0 unspecified atom stereocenters. The lowest BCUT2D eigenvalue weighted by molar-refractivity contribution is 0.0201. The Morgan fingerprint density at radius 1 is 1.04 bits per heavy atom. The summed E-state index contributed by atoms with van der Waals surface area (Å²) in [6.07, 6.45) is 7.66. The molecule has 1 aliphatic carbocycles. The van der Waals surface area contributed by atoms with E-state index in [1.807, 2.05) is 20.8 Å². The maximum absolute atomic E-state index is 12.0. The van der Waals surface area contributed by atoms with Crippen molar-refractivity contribution in [1.29, 1.82) is 0 Å². The number of hydrogen-bond acceptors (Lipinski definition) is 3. The zero-order chi connectivity index (χ0) is 17.6. The van der Waals surface area contributed by atoms with Gasteiger partial charge in [0.1, 0.15) is 5.60 Å². The topological polar surface area (TPSA) is 70.7 Å². The molecule has 1 aliphatic heterocycles. The van der Waals surface area contributed by atoms with Gasteiger partial charge in [-0.1, -0.05) is 19.3 Å². The standard InChI is InChI=1S/C18H33N3O3/c1-18(2,3)24-17(23)21-11-9-15(10-12-21)20-16(22)19-13-14-7-5-4-6-8-14/h14-15H,4-13H2,1-3H3,(H2,19,20,22). The third-order valence-electron chi connectivity index (χ3n) is 4.76. The number of rotatable bonds is 3. The number of urea groups is 1. The van der Waals surface area contributed by atoms with Crippen LogP contribution in [-0.2, 0) is 4.74 Å². The fraction of sp³-hybridized carbons (Fsp3) is 0.889. The highest BCUT2D eigenvalue weighted by Gasteiger charge is 2.27. The Bertz CT molecular complexity index is 420. The van der Waals surface area contributed by atoms with Crippen molar-refractivity contribution in [3.8, 4) is 0 Å². The number of amides is 3. The lowest BCUT2D eigenvalue weighted by atomic mass is 9.89. The van der Waals surface area contributed by atoms with Crippen LogP contribution in [0.4, 0.5) is 9.59 Å². The average Bonchev–Trinajstić information content (AvgIpc) is 2.53. The molecule has 1 saturated heterocycles. The van der Waals surface area contributed by atoms with E-state index in [0.717, 1.165) is 19.4 Å². The SMILES string of the molecule is CC(C)(C)OC(=O)N1CCC(NC(=O)NCC2CCCCC2)CC1. The molecular weight excluding hydrogens is 306 g/mol. The predicted molar refractivity (Wildman–Crippen MR) is 93.9 cm³/mol. The highest BCUT2D eigenvalue weighted by molar-refractivity contribution is 5.74. The summed E-state index contributed by atoms with van der Waals surface area (Å²) in [5.41, 5.74) is -0.467. The van der Waals surface area contributed by atoms with E-state index in [2.05, 4.69) is 10.6 Å². The fourth-order valence-electron chi connectivity index (χ4n) is 3.40. The Labute approximate surface area is 145 Å². The molecule has 0 aromatic heterocycles. The van der Waals surface area contributed by atoms with E-state index in [4.69, 9.17) is 4.74 Å². The summed E-state index contributed by atoms with van der Waals surface area (Å²) in [6.45, 7) is 7.65. The molecule has 138 valence electrons. The van der Waals surface area contributed by atoms with E-state index in [0.29, 0.717) is 19.0 Å². The van der Waals surface area contributed by atoms with Crippen molar-refractivity contribution < 1.29 is 14.3 Å². The van der Waals surface area contributed by atoms with Gasteiger partial charge in [-0.05, 0) is 52.4 Å². The van der Waals surface area contributed by atoms with Gasteiger partial charge in [0.25, 0.3) is 0 Å². The van der Waals surface area contributed by atoms with Crippen LogP contribution in [0.25, 0.3) is 0 Å². The van der Waals surface area contributed by atoms with Crippen molar-refractivity contribution in [1.82, 2.24) is 15.5 Å². The molecule has 0 atom stereocenters. The first kappa shape index (κ1) is 18.9. The zero-order valence-corrected chi connectivity index (χ0v) is 15.4. The van der Waals surface area contributed by atoms with Gasteiger partial charge in [-0.25, -0.2) is 9.59 Å². The van der Waals surface area contributed by atoms with Crippen molar-refractivity contribution >= 4 is 12.1 Å². The zero-order valence-electron chi connectivity index (χ0n) is 15.4. The summed E-state index contributed by atoms with van der Waals surface area (Å²) in [5, 5.41) is 6.05. The summed E-state index contributed by atoms with van der Waals surface area (Å²) >= 11 is 0. The molecule has 2 rings (SSSR count). The van der Waals surface area contributed by atoms with E-state index in [1.54, 1.807) is 4.90 Å². The second kappa shape index (κ2) is 8.58. The van der Waals surface area contributed by atoms with Crippen molar-refractivity contribution in [3.05, 3.63) is 0 Å². The Balaban J connectivity index is 1.63. The summed E-state index contributed by atoms with van der Waals surface area (Å²) in [7, 11) is 0. The Kier molecular flexibility index (Phi) is 6.75. The molecule has 24 heavy (non-hydrogen) atoms. The van der Waals surface area contributed by atoms with Gasteiger partial charge in [-0.3, -0.25) is 0 Å². The van der Waals surface area contributed by atoms with E-state index >= 15 is 0 Å². The van der Waals surface area contributed by atoms with Crippen LogP contribution in [0.3, 0.4) is 0 Å². The molecule has 3 amide bonds. The monoisotopic (exact) mass is 339 g/mol. The maximum Gasteiger partial charge on any atom is 0.410 e. The van der Waals surface area contributed by atoms with Gasteiger partial charge in [-0.2, -0.15) is 0 Å². The molecule has 0 spiro atoms. The van der Waals surface area contributed by atoms with Gasteiger partial charge in [0.2, 0.25) is 0 Å². The Morgan fingerprint density at radius 2 is 1.67 bits per heavy atom. The number of hydrogen-bond donors (Lipinski definition) is 2. The van der Waals surface area contributed by atoms with Crippen LogP contribution in [0.15, 0.2) is 0 Å². The van der Waals surface area contributed by atoms with Crippen LogP contribution in [0, 0.1) is 5.92 Å². The van der Waals surface area contributed by atoms with Crippen LogP contribution in [0.2, 0.25) is 0 Å². The highest BCUT2D eigenvalue weighted by Crippen LogP contribution is 2.22. The van der Waals surface area contributed by atoms with E-state index in [-0.39, 0.29) is 18.2 Å². The summed E-state index contributed by atoms with van der Waals surface area (Å²) < 4.78 is 5.39. The lowest BCUT2D eigenvalue weighted by Gasteiger charge is -2.33. The van der Waals surface area contributed by atoms with Crippen LogP contribution < -0.4 is 10.6 Å². The van der Waals surface area contributed by atoms with Crippen molar-refractivity contribution in [2.45, 2.75) is 77.4 Å². The minimum absolute atomic E-state index is 0.0729. The first-order valence-electron chi connectivity index (χ1n) is 9.36. The average molecular weight is 339 g/mol. The summed E-state index contributed by atoms with van der Waals surface area (Å²) in [4.78, 5) is 25.8. The molecule has 6 heteroatoms. The van der Waals surface area contributed by atoms with Gasteiger partial charge >= 0.3 is 12.1 Å². The number of nitrogens with one attached hydrogen (secondary N) is 2. The number of nitrogens with zero attached hydrogens (tertiary/aromatic N) is 1. The van der Waals surface area contributed by atoms with Gasteiger partial charge < -0.3 is 20.3 Å². The summed E-state index contributed by atoms with van der Waals surface area (Å²) in [6, 6.07) is 0.0614. The largest absolute Gasteiger partial charge is 0.444 e. The smallest absolute Gasteiger partial charge is 0.410 e. The van der Waals surface area contributed by atoms with Crippen molar-refractivity contribution in [3.63, 3.8) is 0 Å². The highest BCUT2D eigenvalue weighted by atomic mass is 16.6. The first-order valence-corrected chi connectivity index (χ1v) is 9.36. The molecule has 0 aromatic carbocycles. The first-order chi connectivity index (χ1) is 11.3. The maximum atomic E-state index is 12.0. The molecule has 2 aliphatic rings. The molecule has 1 saturated carbocycles. The number of carbonyl (C=O) groups is 2. The van der Waals surface area contributed by atoms with Crippen LogP contribution in [0.5, 0.6) is 0 Å². The lowest BCUT2D eigenvalue weighted by Crippen LogP contribution is -2.50. The molecule has 6 nitrogen and oxygen atoms in total. The second-order valence-corrected chi connectivity index (χ2v) is 8.10. The molecule has 1 heterocycles. The second-order valence-electron chi connectivity index (χ2n) is 8.10. The normalized spacial score (nSPS) is 20.5. The van der Waals surface area contributed by atoms with E-state index < -0.39 is 5.60 Å². The van der Waals surface area contributed by atoms with Gasteiger partial charge in [0.05, 0.1) is 0 Å². The molecular formula is C18H33N3O3. The van der Waals surface area contributed by atoms with Crippen molar-refractivity contribution in [2.75, 3.05) is 19.6 Å². The minimum Gasteiger partial charge on any atom is -0.444 e. The number of carbonyl (C=O) groups excluding carboxylic acids is 2. The third-order valence-corrected chi connectivity index (χ3v) is 4.76. The van der Waals surface area contributed by atoms with Crippen LogP contribution >= 0.6 is 0 Å². The van der Waals surface area contributed by atoms with E-state index in [9.17, 15) is 9.59 Å². The van der Waals surface area contributed by atoms with Crippen LogP contribution in [0.1, 0.15) is 65.7 Å². The minimum atomic E-state index is -0.467.